The van der Waals surface area contributed by atoms with E-state index in [-0.39, 0.29) is 12.5 Å². The van der Waals surface area contributed by atoms with Crippen LogP contribution in [0.5, 0.6) is 0 Å². The maximum atomic E-state index is 13.4. The van der Waals surface area contributed by atoms with Gasteiger partial charge in [0.25, 0.3) is 5.91 Å². The number of carbonyl (C=O) groups is 3. The van der Waals surface area contributed by atoms with Crippen molar-refractivity contribution in [3.05, 3.63) is 53.6 Å². The largest absolute Gasteiger partial charge is 0.444 e. The van der Waals surface area contributed by atoms with Crippen molar-refractivity contribution < 1.29 is 23.9 Å². The van der Waals surface area contributed by atoms with Crippen LogP contribution in [0.25, 0.3) is 11.1 Å². The summed E-state index contributed by atoms with van der Waals surface area (Å²) in [5.41, 5.74) is 3.88. The third-order valence-electron chi connectivity index (χ3n) is 8.69. The Labute approximate surface area is 259 Å². The average Bonchev–Trinajstić information content (AvgIpc) is 3.16. The van der Waals surface area contributed by atoms with Gasteiger partial charge >= 0.3 is 6.09 Å². The second kappa shape index (κ2) is 12.6. The molecule has 0 aliphatic carbocycles. The Balaban J connectivity index is 1.25. The number of nitrogens with zero attached hydrogens (tertiary/aromatic N) is 4. The van der Waals surface area contributed by atoms with Gasteiger partial charge in [-0.2, -0.15) is 5.26 Å². The van der Waals surface area contributed by atoms with Crippen molar-refractivity contribution in [1.29, 1.82) is 5.26 Å². The zero-order valence-electron chi connectivity index (χ0n) is 26.4. The minimum atomic E-state index is -0.888. The van der Waals surface area contributed by atoms with E-state index in [1.807, 2.05) is 37.4 Å². The molecule has 0 aromatic heterocycles. The number of carbonyl (C=O) groups excluding carboxylic acids is 3. The monoisotopic (exact) mass is 601 g/mol. The highest BCUT2D eigenvalue weighted by atomic mass is 16.6. The van der Waals surface area contributed by atoms with Crippen LogP contribution in [0.2, 0.25) is 0 Å². The van der Waals surface area contributed by atoms with Crippen LogP contribution in [0.15, 0.2) is 42.5 Å². The molecule has 1 unspecified atom stereocenters. The van der Waals surface area contributed by atoms with Crippen molar-refractivity contribution in [2.75, 3.05) is 51.8 Å². The summed E-state index contributed by atoms with van der Waals surface area (Å²) in [6.07, 6.45) is 1.38. The number of likely N-dealkylation sites (N-methyl/N-ethyl adjacent to an activating group) is 2. The number of rotatable bonds is 5. The van der Waals surface area contributed by atoms with E-state index in [0.29, 0.717) is 26.0 Å². The van der Waals surface area contributed by atoms with Gasteiger partial charge in [0.2, 0.25) is 5.91 Å². The maximum Gasteiger partial charge on any atom is 0.410 e. The summed E-state index contributed by atoms with van der Waals surface area (Å²) in [4.78, 5) is 44.6. The number of hydrogen-bond donors (Lipinski definition) is 1. The highest BCUT2D eigenvalue weighted by Gasteiger charge is 2.51. The molecular formula is C34H43N5O5. The molecule has 5 rings (SSSR count). The summed E-state index contributed by atoms with van der Waals surface area (Å²) in [6, 6.07) is 15.6. The van der Waals surface area contributed by atoms with E-state index in [9.17, 15) is 19.6 Å². The molecule has 234 valence electrons. The molecule has 0 saturated carbocycles. The lowest BCUT2D eigenvalue weighted by molar-refractivity contribution is -0.133. The van der Waals surface area contributed by atoms with Crippen LogP contribution in [-0.2, 0) is 30.9 Å². The molecule has 3 aliphatic heterocycles. The fraction of sp³-hybridized carbons (Fsp3) is 0.529. The lowest BCUT2D eigenvalue weighted by Gasteiger charge is -2.37. The number of nitrogens with one attached hydrogen (secondary N) is 1. The summed E-state index contributed by atoms with van der Waals surface area (Å²) >= 11 is 0. The third-order valence-corrected chi connectivity index (χ3v) is 8.69. The summed E-state index contributed by atoms with van der Waals surface area (Å²) in [5, 5.41) is 12.6. The fourth-order valence-corrected chi connectivity index (χ4v) is 6.54. The Morgan fingerprint density at radius 1 is 1.11 bits per heavy atom. The quantitative estimate of drug-likeness (QED) is 0.553. The lowest BCUT2D eigenvalue weighted by Crippen LogP contribution is -2.50. The van der Waals surface area contributed by atoms with Crippen LogP contribution < -0.4 is 10.2 Å². The van der Waals surface area contributed by atoms with Crippen LogP contribution in [0, 0.1) is 11.3 Å². The number of likely N-dealkylation sites (tertiary alicyclic amines) is 1. The number of nitriles is 1. The van der Waals surface area contributed by atoms with E-state index in [4.69, 9.17) is 9.47 Å². The number of anilines is 1. The molecule has 3 heterocycles. The normalized spacial score (nSPS) is 23.1. The van der Waals surface area contributed by atoms with Gasteiger partial charge in [-0.05, 0) is 88.0 Å². The van der Waals surface area contributed by atoms with Gasteiger partial charge in [0.05, 0.1) is 18.0 Å². The summed E-state index contributed by atoms with van der Waals surface area (Å²) in [5.74, 6) is -0.258. The molecule has 3 amide bonds. The second-order valence-corrected chi connectivity index (χ2v) is 13.3. The molecule has 1 N–H and O–H groups in total. The van der Waals surface area contributed by atoms with E-state index < -0.39 is 35.2 Å². The van der Waals surface area contributed by atoms with Crippen molar-refractivity contribution >= 4 is 23.6 Å². The number of ether oxygens (including phenoxy) is 2. The number of benzene rings is 2. The SMILES string of the molecule is CN1CCCC2(C1)C(=O)N(C)c1ccc(-c3ccc(C[C@@H](C#N)NC(=O)[C@@H]4CN(C(=O)OC(C)(C)C)CCCO4)cc3)cc12. The van der Waals surface area contributed by atoms with Crippen LogP contribution in [0.1, 0.15) is 51.2 Å². The van der Waals surface area contributed by atoms with Crippen molar-refractivity contribution in [1.82, 2.24) is 15.1 Å². The molecule has 2 saturated heterocycles. The lowest BCUT2D eigenvalue weighted by atomic mass is 9.74. The first-order chi connectivity index (χ1) is 20.9. The Hall–Kier alpha value is -3.94. The van der Waals surface area contributed by atoms with E-state index in [0.717, 1.165) is 53.9 Å². The topological polar surface area (TPSA) is 115 Å². The summed E-state index contributed by atoms with van der Waals surface area (Å²) < 4.78 is 11.2. The van der Waals surface area contributed by atoms with Gasteiger partial charge in [-0.3, -0.25) is 9.59 Å². The van der Waals surface area contributed by atoms with Crippen molar-refractivity contribution in [2.24, 2.45) is 0 Å². The van der Waals surface area contributed by atoms with Crippen molar-refractivity contribution in [3.63, 3.8) is 0 Å². The Morgan fingerprint density at radius 3 is 2.52 bits per heavy atom. The second-order valence-electron chi connectivity index (χ2n) is 13.3. The highest BCUT2D eigenvalue weighted by molar-refractivity contribution is 6.08. The number of fused-ring (bicyclic) bond motifs is 2. The maximum absolute atomic E-state index is 13.4. The number of amides is 3. The molecule has 0 radical (unpaired) electrons. The van der Waals surface area contributed by atoms with Gasteiger partial charge in [0, 0.05) is 38.9 Å². The van der Waals surface area contributed by atoms with Crippen molar-refractivity contribution in [3.8, 4) is 17.2 Å². The van der Waals surface area contributed by atoms with Crippen LogP contribution in [0.4, 0.5) is 10.5 Å². The average molecular weight is 602 g/mol. The molecule has 2 fully saturated rings. The number of hydrogen-bond acceptors (Lipinski definition) is 7. The van der Waals surface area contributed by atoms with Gasteiger partial charge < -0.3 is 29.5 Å². The highest BCUT2D eigenvalue weighted by Crippen LogP contribution is 2.47. The fourth-order valence-electron chi connectivity index (χ4n) is 6.54. The molecule has 2 aromatic rings. The van der Waals surface area contributed by atoms with Gasteiger partial charge in [-0.15, -0.1) is 0 Å². The molecule has 1 spiro atoms. The minimum absolute atomic E-state index is 0.0628. The first-order valence-electron chi connectivity index (χ1n) is 15.4. The predicted octanol–water partition coefficient (Wildman–Crippen LogP) is 3.87. The first-order valence-corrected chi connectivity index (χ1v) is 15.4. The smallest absolute Gasteiger partial charge is 0.410 e. The Kier molecular flexibility index (Phi) is 9.00. The summed E-state index contributed by atoms with van der Waals surface area (Å²) in [6.45, 7) is 7.94. The minimum Gasteiger partial charge on any atom is -0.444 e. The van der Waals surface area contributed by atoms with Crippen LogP contribution in [-0.4, -0.2) is 92.3 Å². The molecule has 10 nitrogen and oxygen atoms in total. The molecule has 3 aliphatic rings. The Bertz CT molecular complexity index is 1450. The van der Waals surface area contributed by atoms with Gasteiger partial charge in [0.15, 0.2) is 6.10 Å². The van der Waals surface area contributed by atoms with Crippen LogP contribution in [0.3, 0.4) is 0 Å². The van der Waals surface area contributed by atoms with E-state index in [2.05, 4.69) is 35.5 Å². The summed E-state index contributed by atoms with van der Waals surface area (Å²) in [7, 11) is 3.94. The molecule has 10 heteroatoms. The predicted molar refractivity (Wildman–Crippen MR) is 167 cm³/mol. The van der Waals surface area contributed by atoms with Gasteiger partial charge in [-0.1, -0.05) is 30.3 Å². The van der Waals surface area contributed by atoms with Gasteiger partial charge in [-0.25, -0.2) is 4.79 Å². The molecular weight excluding hydrogens is 558 g/mol. The third kappa shape index (κ3) is 6.59. The van der Waals surface area contributed by atoms with Gasteiger partial charge in [0.1, 0.15) is 11.6 Å². The molecule has 0 bridgehead atoms. The zero-order valence-corrected chi connectivity index (χ0v) is 26.4. The first kappa shape index (κ1) is 31.5. The van der Waals surface area contributed by atoms with E-state index in [1.165, 1.54) is 4.90 Å². The molecule has 3 atom stereocenters. The standard InChI is InChI=1S/C34H43N5O5/c1-33(2,3)44-32(42)39-16-7-17-43-29(21-39)30(40)36-26(20-35)18-23-8-10-24(11-9-23)25-12-13-28-27(19-25)34(31(41)38(28)5)14-6-15-37(4)22-34/h8-13,19,26,29H,6-7,14-18,21-22H2,1-5H3,(H,36,40)/t26-,29-,34?/m0/s1. The number of piperidine rings is 1. The molecule has 2 aromatic carbocycles. The van der Waals surface area contributed by atoms with Crippen LogP contribution >= 0.6 is 0 Å². The molecule has 44 heavy (non-hydrogen) atoms. The Morgan fingerprint density at radius 2 is 1.84 bits per heavy atom. The van der Waals surface area contributed by atoms with Crippen molar-refractivity contribution in [2.45, 2.75) is 69.6 Å². The zero-order chi connectivity index (χ0) is 31.6. The van der Waals surface area contributed by atoms with E-state index in [1.54, 1.807) is 25.7 Å². The van der Waals surface area contributed by atoms with E-state index >= 15 is 0 Å².